The molecule has 1 aliphatic rings. The molecule has 0 saturated heterocycles. The summed E-state index contributed by atoms with van der Waals surface area (Å²) in [5.41, 5.74) is 0.00411. The molecule has 1 aromatic carbocycles. The molecule has 1 fully saturated rings. The van der Waals surface area contributed by atoms with Crippen LogP contribution in [0.15, 0.2) is 22.7 Å². The highest BCUT2D eigenvalue weighted by Gasteiger charge is 2.39. The van der Waals surface area contributed by atoms with Crippen LogP contribution in [0.1, 0.15) is 45.6 Å². The second-order valence-electron chi connectivity index (χ2n) is 6.39. The number of hydrogen-bond donors (Lipinski definition) is 1. The Balaban J connectivity index is 2.30. The van der Waals surface area contributed by atoms with E-state index >= 15 is 0 Å². The van der Waals surface area contributed by atoms with E-state index in [2.05, 4.69) is 29.8 Å². The molecule has 3 unspecified atom stereocenters. The molecule has 0 heterocycles. The summed E-state index contributed by atoms with van der Waals surface area (Å²) in [5, 5.41) is 11.7. The highest BCUT2D eigenvalue weighted by Crippen LogP contribution is 2.45. The molecule has 3 heteroatoms. The quantitative estimate of drug-likeness (QED) is 0.762. The van der Waals surface area contributed by atoms with E-state index in [-0.39, 0.29) is 5.92 Å². The van der Waals surface area contributed by atoms with Gasteiger partial charge in [0.2, 0.25) is 0 Å². The Morgan fingerprint density at radius 1 is 1.21 bits per heavy atom. The van der Waals surface area contributed by atoms with Gasteiger partial charge in [-0.2, -0.15) is 0 Å². The molecule has 0 bridgehead atoms. The number of halogens is 2. The Hall–Kier alpha value is -0.0500. The summed E-state index contributed by atoms with van der Waals surface area (Å²) in [6.07, 6.45) is 3.41. The van der Waals surface area contributed by atoms with Gasteiger partial charge in [-0.05, 0) is 56.1 Å². The minimum atomic E-state index is -0.847. The van der Waals surface area contributed by atoms with E-state index in [9.17, 15) is 5.11 Å². The first-order valence-corrected chi connectivity index (χ1v) is 8.15. The Morgan fingerprint density at radius 2 is 1.79 bits per heavy atom. The lowest BCUT2D eigenvalue weighted by molar-refractivity contribution is -0.0386. The zero-order valence-corrected chi connectivity index (χ0v) is 14.1. The van der Waals surface area contributed by atoms with Crippen molar-refractivity contribution in [2.45, 2.75) is 45.6 Å². The average molecular weight is 346 g/mol. The average Bonchev–Trinajstić information content (AvgIpc) is 2.26. The molecule has 0 amide bonds. The molecule has 0 aromatic heterocycles. The second kappa shape index (κ2) is 5.75. The standard InChI is InChI=1S/C16H22BrClO/c1-10-6-11(2)8-12(7-10)16(3,19)14-5-4-13(17)9-15(14)18/h4-5,9-12,19H,6-8H2,1-3H3. The normalized spacial score (nSPS) is 30.9. The van der Waals surface area contributed by atoms with Gasteiger partial charge in [-0.3, -0.25) is 0 Å². The van der Waals surface area contributed by atoms with Crippen molar-refractivity contribution in [1.29, 1.82) is 0 Å². The molecule has 2 rings (SSSR count). The molecule has 0 aliphatic heterocycles. The molecular formula is C16H22BrClO. The highest BCUT2D eigenvalue weighted by atomic mass is 79.9. The summed E-state index contributed by atoms with van der Waals surface area (Å²) in [6.45, 7) is 6.47. The number of hydrogen-bond acceptors (Lipinski definition) is 1. The molecule has 1 aliphatic carbocycles. The van der Waals surface area contributed by atoms with Crippen LogP contribution in [-0.4, -0.2) is 5.11 Å². The van der Waals surface area contributed by atoms with Gasteiger partial charge in [0.15, 0.2) is 0 Å². The molecular weight excluding hydrogens is 324 g/mol. The smallest absolute Gasteiger partial charge is 0.0911 e. The summed E-state index contributed by atoms with van der Waals surface area (Å²) < 4.78 is 0.947. The van der Waals surface area contributed by atoms with Gasteiger partial charge in [-0.25, -0.2) is 0 Å². The molecule has 19 heavy (non-hydrogen) atoms. The minimum absolute atomic E-state index is 0.282. The van der Waals surface area contributed by atoms with Crippen LogP contribution in [0.25, 0.3) is 0 Å². The third-order valence-corrected chi connectivity index (χ3v) is 5.26. The van der Waals surface area contributed by atoms with Crippen LogP contribution in [0, 0.1) is 17.8 Å². The predicted molar refractivity (Wildman–Crippen MR) is 84.4 cm³/mol. The van der Waals surface area contributed by atoms with Crippen molar-refractivity contribution in [1.82, 2.24) is 0 Å². The van der Waals surface area contributed by atoms with Crippen LogP contribution in [0.2, 0.25) is 5.02 Å². The van der Waals surface area contributed by atoms with Crippen LogP contribution in [0.5, 0.6) is 0 Å². The molecule has 0 spiro atoms. The first-order valence-electron chi connectivity index (χ1n) is 6.98. The van der Waals surface area contributed by atoms with Gasteiger partial charge in [0.25, 0.3) is 0 Å². The Labute approximate surface area is 129 Å². The van der Waals surface area contributed by atoms with Crippen molar-refractivity contribution >= 4 is 27.5 Å². The van der Waals surface area contributed by atoms with E-state index in [1.807, 2.05) is 25.1 Å². The summed E-state index contributed by atoms with van der Waals surface area (Å²) >= 11 is 9.73. The van der Waals surface area contributed by atoms with Crippen molar-refractivity contribution in [3.8, 4) is 0 Å². The van der Waals surface area contributed by atoms with Crippen molar-refractivity contribution in [3.63, 3.8) is 0 Å². The maximum absolute atomic E-state index is 11.0. The van der Waals surface area contributed by atoms with E-state index in [4.69, 9.17) is 11.6 Å². The molecule has 106 valence electrons. The SMILES string of the molecule is CC1CC(C)CC(C(C)(O)c2ccc(Br)cc2Cl)C1. The number of rotatable bonds is 2. The Morgan fingerprint density at radius 3 is 2.32 bits per heavy atom. The molecule has 0 radical (unpaired) electrons. The third kappa shape index (κ3) is 3.34. The van der Waals surface area contributed by atoms with Crippen LogP contribution >= 0.6 is 27.5 Å². The van der Waals surface area contributed by atoms with Gasteiger partial charge < -0.3 is 5.11 Å². The lowest BCUT2D eigenvalue weighted by Crippen LogP contribution is -2.37. The Bertz CT molecular complexity index is 448. The largest absolute Gasteiger partial charge is 0.385 e. The van der Waals surface area contributed by atoms with Crippen LogP contribution in [0.4, 0.5) is 0 Å². The molecule has 1 N–H and O–H groups in total. The van der Waals surface area contributed by atoms with Gasteiger partial charge in [0.05, 0.1) is 5.60 Å². The maximum atomic E-state index is 11.0. The second-order valence-corrected chi connectivity index (χ2v) is 7.71. The fraction of sp³-hybridized carbons (Fsp3) is 0.625. The summed E-state index contributed by atoms with van der Waals surface area (Å²) in [6, 6.07) is 5.75. The van der Waals surface area contributed by atoms with Crippen molar-refractivity contribution < 1.29 is 5.11 Å². The molecule has 3 atom stereocenters. The monoisotopic (exact) mass is 344 g/mol. The van der Waals surface area contributed by atoms with Crippen molar-refractivity contribution in [3.05, 3.63) is 33.3 Å². The predicted octanol–water partition coefficient (Wildman–Crippen LogP) is 5.38. The third-order valence-electron chi connectivity index (χ3n) is 4.45. The summed E-state index contributed by atoms with van der Waals surface area (Å²) in [4.78, 5) is 0. The maximum Gasteiger partial charge on any atom is 0.0911 e. The molecule has 1 saturated carbocycles. The minimum Gasteiger partial charge on any atom is -0.385 e. The van der Waals surface area contributed by atoms with Crippen LogP contribution < -0.4 is 0 Å². The van der Waals surface area contributed by atoms with Gasteiger partial charge in [0, 0.05) is 15.1 Å². The number of aliphatic hydroxyl groups is 1. The van der Waals surface area contributed by atoms with Crippen molar-refractivity contribution in [2.75, 3.05) is 0 Å². The van der Waals surface area contributed by atoms with E-state index in [1.165, 1.54) is 6.42 Å². The lowest BCUT2D eigenvalue weighted by Gasteiger charge is -2.41. The zero-order chi connectivity index (χ0) is 14.2. The van der Waals surface area contributed by atoms with Gasteiger partial charge in [0.1, 0.15) is 0 Å². The van der Waals surface area contributed by atoms with Gasteiger partial charge in [-0.15, -0.1) is 0 Å². The highest BCUT2D eigenvalue weighted by molar-refractivity contribution is 9.10. The summed E-state index contributed by atoms with van der Waals surface area (Å²) in [7, 11) is 0. The van der Waals surface area contributed by atoms with E-state index < -0.39 is 5.60 Å². The van der Waals surface area contributed by atoms with E-state index in [1.54, 1.807) is 0 Å². The van der Waals surface area contributed by atoms with Crippen LogP contribution in [-0.2, 0) is 5.60 Å². The van der Waals surface area contributed by atoms with Crippen molar-refractivity contribution in [2.24, 2.45) is 17.8 Å². The lowest BCUT2D eigenvalue weighted by atomic mass is 9.68. The zero-order valence-electron chi connectivity index (χ0n) is 11.8. The first kappa shape index (κ1) is 15.3. The van der Waals surface area contributed by atoms with Gasteiger partial charge in [-0.1, -0.05) is 47.4 Å². The fourth-order valence-corrected chi connectivity index (χ4v) is 4.39. The van der Waals surface area contributed by atoms with E-state index in [0.29, 0.717) is 16.9 Å². The Kier molecular flexibility index (Phi) is 4.64. The van der Waals surface area contributed by atoms with E-state index in [0.717, 1.165) is 22.9 Å². The molecule has 1 nitrogen and oxygen atoms in total. The fourth-order valence-electron chi connectivity index (χ4n) is 3.53. The summed E-state index contributed by atoms with van der Waals surface area (Å²) in [5.74, 6) is 1.63. The topological polar surface area (TPSA) is 20.2 Å². The van der Waals surface area contributed by atoms with Gasteiger partial charge >= 0.3 is 0 Å². The molecule has 1 aromatic rings. The first-order chi connectivity index (χ1) is 8.80. The van der Waals surface area contributed by atoms with Crippen LogP contribution in [0.3, 0.4) is 0 Å². The number of benzene rings is 1.